The minimum Gasteiger partial charge on any atom is -0.370 e. The van der Waals surface area contributed by atoms with E-state index < -0.39 is 5.91 Å². The average Bonchev–Trinajstić information content (AvgIpc) is 2.60. The van der Waals surface area contributed by atoms with Crippen molar-refractivity contribution in [3.05, 3.63) is 76.9 Å². The first kappa shape index (κ1) is 18.9. The molecule has 26 heavy (non-hydrogen) atoms. The molecule has 1 aromatic carbocycles. The van der Waals surface area contributed by atoms with Gasteiger partial charge in [-0.1, -0.05) is 42.5 Å². The standard InChI is InChI=1S/C21H22N4O/c1-3-6-16(7-4-5-12-22)19-14(2)8-9-15-10-11-17(13-18(15)19)20(26)25-21(23)24/h3-4,6-7,10-11,13H,1,5,8-9H2,2H3,(H4,23,24,25,26)/b7-4-,16-6+. The molecule has 0 atom stereocenters. The fourth-order valence-corrected chi connectivity index (χ4v) is 3.01. The smallest absolute Gasteiger partial charge is 0.280 e. The second kappa shape index (κ2) is 8.63. The Kier molecular flexibility index (Phi) is 6.29. The van der Waals surface area contributed by atoms with E-state index in [4.69, 9.17) is 16.7 Å². The number of aryl methyl sites for hydroxylation is 1. The van der Waals surface area contributed by atoms with Gasteiger partial charge >= 0.3 is 0 Å². The molecule has 5 heteroatoms. The summed E-state index contributed by atoms with van der Waals surface area (Å²) in [7, 11) is 0. The first-order chi connectivity index (χ1) is 12.5. The van der Waals surface area contributed by atoms with Gasteiger partial charge in [-0.15, -0.1) is 0 Å². The topological polar surface area (TPSA) is 105 Å². The molecule has 0 aliphatic heterocycles. The number of fused-ring (bicyclic) bond motifs is 1. The van der Waals surface area contributed by atoms with Crippen LogP contribution in [0.2, 0.25) is 0 Å². The van der Waals surface area contributed by atoms with E-state index in [9.17, 15) is 4.79 Å². The molecule has 5 nitrogen and oxygen atoms in total. The molecule has 0 spiro atoms. The van der Waals surface area contributed by atoms with Crippen molar-refractivity contribution in [2.24, 2.45) is 16.5 Å². The number of aliphatic imine (C=N–C) groups is 1. The summed E-state index contributed by atoms with van der Waals surface area (Å²) in [6.07, 6.45) is 9.54. The van der Waals surface area contributed by atoms with Crippen LogP contribution in [0.3, 0.4) is 0 Å². The van der Waals surface area contributed by atoms with Gasteiger partial charge in [-0.25, -0.2) is 0 Å². The molecule has 0 radical (unpaired) electrons. The third-order valence-corrected chi connectivity index (χ3v) is 4.15. The van der Waals surface area contributed by atoms with Gasteiger partial charge in [-0.05, 0) is 54.2 Å². The lowest BCUT2D eigenvalue weighted by Gasteiger charge is -2.23. The van der Waals surface area contributed by atoms with Crippen molar-refractivity contribution in [3.63, 3.8) is 0 Å². The van der Waals surface area contributed by atoms with Gasteiger partial charge in [0.2, 0.25) is 0 Å². The summed E-state index contributed by atoms with van der Waals surface area (Å²) in [5.41, 5.74) is 16.4. The van der Waals surface area contributed by atoms with Crippen molar-refractivity contribution in [2.45, 2.75) is 26.2 Å². The van der Waals surface area contributed by atoms with Gasteiger partial charge < -0.3 is 11.5 Å². The zero-order chi connectivity index (χ0) is 19.1. The zero-order valence-corrected chi connectivity index (χ0v) is 14.8. The molecular formula is C21H22N4O. The van der Waals surface area contributed by atoms with E-state index in [1.807, 2.05) is 30.4 Å². The van der Waals surface area contributed by atoms with Gasteiger partial charge in [-0.2, -0.15) is 10.3 Å². The van der Waals surface area contributed by atoms with Crippen molar-refractivity contribution in [1.29, 1.82) is 5.26 Å². The number of hydrogen-bond acceptors (Lipinski definition) is 2. The maximum absolute atomic E-state index is 12.2. The van der Waals surface area contributed by atoms with Crippen LogP contribution in [0, 0.1) is 11.3 Å². The number of rotatable bonds is 5. The zero-order valence-electron chi connectivity index (χ0n) is 14.8. The minimum atomic E-state index is -0.468. The highest BCUT2D eigenvalue weighted by atomic mass is 16.1. The highest BCUT2D eigenvalue weighted by Gasteiger charge is 2.20. The number of guanidine groups is 1. The second-order valence-electron chi connectivity index (χ2n) is 5.99. The number of carbonyl (C=O) groups excluding carboxylic acids is 1. The molecule has 0 aromatic heterocycles. The van der Waals surface area contributed by atoms with Gasteiger partial charge in [0, 0.05) is 5.56 Å². The number of nitrogens with two attached hydrogens (primary N) is 2. The lowest BCUT2D eigenvalue weighted by Crippen LogP contribution is -2.24. The molecule has 0 saturated carbocycles. The molecule has 0 saturated heterocycles. The first-order valence-electron chi connectivity index (χ1n) is 8.31. The van der Waals surface area contributed by atoms with Crippen molar-refractivity contribution >= 4 is 17.4 Å². The number of carbonyl (C=O) groups is 1. The normalized spacial score (nSPS) is 13.9. The fraction of sp³-hybridized carbons (Fsp3) is 0.190. The quantitative estimate of drug-likeness (QED) is 0.484. The summed E-state index contributed by atoms with van der Waals surface area (Å²) < 4.78 is 0. The Bertz CT molecular complexity index is 891. The molecule has 2 rings (SSSR count). The van der Waals surface area contributed by atoms with Crippen molar-refractivity contribution in [2.75, 3.05) is 0 Å². The molecule has 0 bridgehead atoms. The van der Waals surface area contributed by atoms with Crippen LogP contribution in [0.5, 0.6) is 0 Å². The molecule has 0 fully saturated rings. The Morgan fingerprint density at radius 2 is 2.15 bits per heavy atom. The fourth-order valence-electron chi connectivity index (χ4n) is 3.01. The Morgan fingerprint density at radius 1 is 1.38 bits per heavy atom. The van der Waals surface area contributed by atoms with Crippen LogP contribution in [0.1, 0.15) is 41.3 Å². The van der Waals surface area contributed by atoms with Crippen molar-refractivity contribution < 1.29 is 4.79 Å². The third-order valence-electron chi connectivity index (χ3n) is 4.15. The Labute approximate surface area is 153 Å². The van der Waals surface area contributed by atoms with Crippen LogP contribution in [0.4, 0.5) is 0 Å². The Hall–Kier alpha value is -3.39. The van der Waals surface area contributed by atoms with E-state index in [0.717, 1.165) is 35.1 Å². The summed E-state index contributed by atoms with van der Waals surface area (Å²) in [6, 6.07) is 7.62. The Balaban J connectivity index is 2.57. The van der Waals surface area contributed by atoms with Gasteiger partial charge in [0.25, 0.3) is 5.91 Å². The number of amides is 1. The first-order valence-corrected chi connectivity index (χ1v) is 8.31. The minimum absolute atomic E-state index is 0.258. The van der Waals surface area contributed by atoms with E-state index in [1.54, 1.807) is 12.1 Å². The number of nitriles is 1. The summed E-state index contributed by atoms with van der Waals surface area (Å²) in [4.78, 5) is 15.8. The summed E-state index contributed by atoms with van der Waals surface area (Å²) >= 11 is 0. The van der Waals surface area contributed by atoms with Crippen molar-refractivity contribution in [3.8, 4) is 6.07 Å². The lowest BCUT2D eigenvalue weighted by atomic mass is 9.81. The Morgan fingerprint density at radius 3 is 2.81 bits per heavy atom. The molecule has 0 unspecified atom stereocenters. The van der Waals surface area contributed by atoms with Crippen LogP contribution in [-0.2, 0) is 6.42 Å². The van der Waals surface area contributed by atoms with E-state index >= 15 is 0 Å². The number of benzene rings is 1. The molecule has 1 aromatic rings. The third kappa shape index (κ3) is 4.37. The largest absolute Gasteiger partial charge is 0.370 e. The van der Waals surface area contributed by atoms with Crippen molar-refractivity contribution in [1.82, 2.24) is 0 Å². The highest BCUT2D eigenvalue weighted by molar-refractivity contribution is 6.03. The lowest BCUT2D eigenvalue weighted by molar-refractivity contribution is 0.100. The summed E-state index contributed by atoms with van der Waals surface area (Å²) in [5, 5.41) is 8.78. The molecule has 1 aliphatic rings. The van der Waals surface area contributed by atoms with Crippen LogP contribution in [-0.4, -0.2) is 11.9 Å². The molecule has 132 valence electrons. The number of hydrogen-bond donors (Lipinski definition) is 2. The van der Waals surface area contributed by atoms with E-state index in [2.05, 4.69) is 24.6 Å². The van der Waals surface area contributed by atoms with E-state index in [1.165, 1.54) is 5.57 Å². The van der Waals surface area contributed by atoms with Gasteiger partial charge in [0.05, 0.1) is 12.5 Å². The van der Waals surface area contributed by atoms with Crippen LogP contribution in [0.25, 0.3) is 5.57 Å². The predicted octanol–water partition coefficient (Wildman–Crippen LogP) is 3.40. The molecule has 1 amide bonds. The number of nitrogens with zero attached hydrogens (tertiary/aromatic N) is 2. The van der Waals surface area contributed by atoms with Crippen LogP contribution in [0.15, 0.2) is 65.2 Å². The van der Waals surface area contributed by atoms with Gasteiger partial charge in [0.15, 0.2) is 5.96 Å². The van der Waals surface area contributed by atoms with E-state index in [0.29, 0.717) is 12.0 Å². The maximum atomic E-state index is 12.2. The summed E-state index contributed by atoms with van der Waals surface area (Å²) in [5.74, 6) is -0.726. The summed E-state index contributed by atoms with van der Waals surface area (Å²) in [6.45, 7) is 5.87. The van der Waals surface area contributed by atoms with Crippen LogP contribution < -0.4 is 11.5 Å². The molecule has 1 aliphatic carbocycles. The maximum Gasteiger partial charge on any atom is 0.280 e. The van der Waals surface area contributed by atoms with Gasteiger partial charge in [0.1, 0.15) is 0 Å². The van der Waals surface area contributed by atoms with E-state index in [-0.39, 0.29) is 5.96 Å². The number of allylic oxidation sites excluding steroid dienone is 7. The van der Waals surface area contributed by atoms with Crippen LogP contribution >= 0.6 is 0 Å². The molecule has 0 heterocycles. The molecule has 4 N–H and O–H groups in total. The average molecular weight is 346 g/mol. The molecular weight excluding hydrogens is 324 g/mol. The predicted molar refractivity (Wildman–Crippen MR) is 105 cm³/mol. The van der Waals surface area contributed by atoms with Gasteiger partial charge in [-0.3, -0.25) is 4.79 Å². The second-order valence-corrected chi connectivity index (χ2v) is 5.99. The monoisotopic (exact) mass is 346 g/mol. The highest BCUT2D eigenvalue weighted by Crippen LogP contribution is 2.37. The SMILES string of the molecule is C=C/C=C(\C=C/CC#N)C1=C(C)CCc2ccc(C(=O)N=C(N)N)cc21.